The Morgan fingerprint density at radius 3 is 2.74 bits per heavy atom. The van der Waals surface area contributed by atoms with Crippen LogP contribution < -0.4 is 4.74 Å². The molecule has 1 rings (SSSR count). The number of Topliss-reactive ketones (excluding diaryl/α,β-unsaturated/α-hetero) is 1. The van der Waals surface area contributed by atoms with Crippen molar-refractivity contribution < 1.29 is 18.7 Å². The summed E-state index contributed by atoms with van der Waals surface area (Å²) in [6.07, 6.45) is 1.31. The number of carbonyl (C=O) groups excluding carboxylic acids is 1. The summed E-state index contributed by atoms with van der Waals surface area (Å²) < 4.78 is 23.8. The molecule has 0 fully saturated rings. The van der Waals surface area contributed by atoms with Gasteiger partial charge in [-0.25, -0.2) is 4.39 Å². The lowest BCUT2D eigenvalue weighted by Crippen LogP contribution is -2.10. The van der Waals surface area contributed by atoms with Gasteiger partial charge >= 0.3 is 0 Å². The van der Waals surface area contributed by atoms with Crippen LogP contribution in [0.2, 0.25) is 0 Å². The standard InChI is InChI=1S/C15H21FO3/c1-11(12(2)17)9-13-5-6-14(16)15(10-13)19-8-4-7-18-3/h5-6,10-11H,4,7-9H2,1-3H3. The van der Waals surface area contributed by atoms with Crippen LogP contribution in [0.4, 0.5) is 4.39 Å². The normalized spacial score (nSPS) is 12.2. The molecule has 4 heteroatoms. The number of carbonyl (C=O) groups is 1. The SMILES string of the molecule is COCCCOc1cc(CC(C)C(C)=O)ccc1F. The van der Waals surface area contributed by atoms with E-state index in [1.54, 1.807) is 26.2 Å². The molecule has 1 aromatic rings. The van der Waals surface area contributed by atoms with Gasteiger partial charge < -0.3 is 9.47 Å². The van der Waals surface area contributed by atoms with E-state index in [-0.39, 0.29) is 23.3 Å². The van der Waals surface area contributed by atoms with E-state index in [0.29, 0.717) is 26.1 Å². The summed E-state index contributed by atoms with van der Waals surface area (Å²) in [6.45, 7) is 4.43. The van der Waals surface area contributed by atoms with Crippen molar-refractivity contribution in [3.05, 3.63) is 29.6 Å². The number of benzene rings is 1. The molecule has 0 radical (unpaired) electrons. The van der Waals surface area contributed by atoms with Crippen LogP contribution in [0.25, 0.3) is 0 Å². The van der Waals surface area contributed by atoms with Crippen molar-refractivity contribution in [3.8, 4) is 5.75 Å². The highest BCUT2D eigenvalue weighted by Crippen LogP contribution is 2.21. The smallest absolute Gasteiger partial charge is 0.165 e. The molecule has 3 nitrogen and oxygen atoms in total. The Morgan fingerprint density at radius 2 is 2.11 bits per heavy atom. The number of ketones is 1. The zero-order valence-electron chi connectivity index (χ0n) is 11.7. The molecule has 19 heavy (non-hydrogen) atoms. The molecule has 0 bridgehead atoms. The van der Waals surface area contributed by atoms with Gasteiger partial charge in [0, 0.05) is 26.1 Å². The zero-order chi connectivity index (χ0) is 14.3. The van der Waals surface area contributed by atoms with E-state index in [4.69, 9.17) is 9.47 Å². The molecule has 0 aliphatic rings. The van der Waals surface area contributed by atoms with Crippen molar-refractivity contribution in [1.82, 2.24) is 0 Å². The molecule has 0 saturated carbocycles. The molecular weight excluding hydrogens is 247 g/mol. The highest BCUT2D eigenvalue weighted by molar-refractivity contribution is 5.78. The molecule has 0 aromatic heterocycles. The molecule has 0 spiro atoms. The number of ether oxygens (including phenoxy) is 2. The van der Waals surface area contributed by atoms with Gasteiger partial charge in [-0.3, -0.25) is 4.79 Å². The van der Waals surface area contributed by atoms with E-state index < -0.39 is 0 Å². The van der Waals surface area contributed by atoms with Gasteiger partial charge in [0.05, 0.1) is 6.61 Å². The van der Waals surface area contributed by atoms with Crippen molar-refractivity contribution in [1.29, 1.82) is 0 Å². The first-order valence-corrected chi connectivity index (χ1v) is 6.45. The molecule has 1 atom stereocenters. The highest BCUT2D eigenvalue weighted by Gasteiger charge is 2.11. The van der Waals surface area contributed by atoms with Gasteiger partial charge in [0.2, 0.25) is 0 Å². The number of hydrogen-bond donors (Lipinski definition) is 0. The van der Waals surface area contributed by atoms with Gasteiger partial charge in [0.1, 0.15) is 5.78 Å². The van der Waals surface area contributed by atoms with E-state index >= 15 is 0 Å². The Balaban J connectivity index is 2.63. The number of halogens is 1. The highest BCUT2D eigenvalue weighted by atomic mass is 19.1. The maximum absolute atomic E-state index is 13.6. The predicted molar refractivity (Wildman–Crippen MR) is 71.9 cm³/mol. The molecule has 0 aliphatic heterocycles. The summed E-state index contributed by atoms with van der Waals surface area (Å²) in [4.78, 5) is 11.2. The third kappa shape index (κ3) is 5.39. The topological polar surface area (TPSA) is 35.5 Å². The van der Waals surface area contributed by atoms with Crippen LogP contribution in [0.3, 0.4) is 0 Å². The van der Waals surface area contributed by atoms with E-state index in [1.165, 1.54) is 6.07 Å². The van der Waals surface area contributed by atoms with Crippen molar-refractivity contribution in [2.24, 2.45) is 5.92 Å². The van der Waals surface area contributed by atoms with Gasteiger partial charge in [-0.05, 0) is 31.0 Å². The molecule has 1 aromatic carbocycles. The van der Waals surface area contributed by atoms with Crippen LogP contribution in [-0.4, -0.2) is 26.1 Å². The molecule has 0 N–H and O–H groups in total. The summed E-state index contributed by atoms with van der Waals surface area (Å²) in [5.41, 5.74) is 0.908. The predicted octanol–water partition coefficient (Wildman–Crippen LogP) is 3.01. The second-order valence-electron chi connectivity index (χ2n) is 4.68. The van der Waals surface area contributed by atoms with Gasteiger partial charge in [0.25, 0.3) is 0 Å². The maximum atomic E-state index is 13.6. The molecule has 106 valence electrons. The van der Waals surface area contributed by atoms with E-state index in [2.05, 4.69) is 0 Å². The lowest BCUT2D eigenvalue weighted by molar-refractivity contribution is -0.120. The monoisotopic (exact) mass is 268 g/mol. The number of hydrogen-bond acceptors (Lipinski definition) is 3. The Morgan fingerprint density at radius 1 is 1.37 bits per heavy atom. The first-order chi connectivity index (χ1) is 9.04. The minimum Gasteiger partial charge on any atom is -0.490 e. The van der Waals surface area contributed by atoms with E-state index in [9.17, 15) is 9.18 Å². The van der Waals surface area contributed by atoms with Crippen LogP contribution in [-0.2, 0) is 16.0 Å². The first-order valence-electron chi connectivity index (χ1n) is 6.45. The summed E-state index contributed by atoms with van der Waals surface area (Å²) in [6, 6.07) is 4.74. The van der Waals surface area contributed by atoms with Crippen LogP contribution >= 0.6 is 0 Å². The fourth-order valence-electron chi connectivity index (χ4n) is 1.67. The fraction of sp³-hybridized carbons (Fsp3) is 0.533. The summed E-state index contributed by atoms with van der Waals surface area (Å²) >= 11 is 0. The van der Waals surface area contributed by atoms with Crippen molar-refractivity contribution >= 4 is 5.78 Å². The van der Waals surface area contributed by atoms with Crippen LogP contribution in [0.15, 0.2) is 18.2 Å². The van der Waals surface area contributed by atoms with Crippen molar-refractivity contribution in [2.45, 2.75) is 26.7 Å². The van der Waals surface area contributed by atoms with Crippen molar-refractivity contribution in [2.75, 3.05) is 20.3 Å². The Hall–Kier alpha value is -1.42. The second kappa shape index (κ2) is 7.89. The number of methoxy groups -OCH3 is 1. The van der Waals surface area contributed by atoms with Gasteiger partial charge in [0.15, 0.2) is 11.6 Å². The maximum Gasteiger partial charge on any atom is 0.165 e. The fourth-order valence-corrected chi connectivity index (χ4v) is 1.67. The van der Waals surface area contributed by atoms with E-state index in [0.717, 1.165) is 5.56 Å². The summed E-state index contributed by atoms with van der Waals surface area (Å²) in [5.74, 6) is -0.0697. The van der Waals surface area contributed by atoms with Gasteiger partial charge in [-0.1, -0.05) is 13.0 Å². The van der Waals surface area contributed by atoms with Gasteiger partial charge in [-0.2, -0.15) is 0 Å². The minimum absolute atomic E-state index is 0.0631. The van der Waals surface area contributed by atoms with Crippen LogP contribution in [0.1, 0.15) is 25.8 Å². The lowest BCUT2D eigenvalue weighted by atomic mass is 9.98. The Bertz CT molecular complexity index is 418. The zero-order valence-corrected chi connectivity index (χ0v) is 11.7. The Kier molecular flexibility index (Phi) is 6.50. The molecule has 0 amide bonds. The average Bonchev–Trinajstić information content (AvgIpc) is 2.38. The first kappa shape index (κ1) is 15.6. The molecular formula is C15H21FO3. The third-order valence-corrected chi connectivity index (χ3v) is 2.98. The number of rotatable bonds is 8. The van der Waals surface area contributed by atoms with Gasteiger partial charge in [-0.15, -0.1) is 0 Å². The molecule has 0 saturated heterocycles. The van der Waals surface area contributed by atoms with Crippen LogP contribution in [0.5, 0.6) is 5.75 Å². The summed E-state index contributed by atoms with van der Waals surface area (Å²) in [5, 5.41) is 0. The Labute approximate surface area is 113 Å². The summed E-state index contributed by atoms with van der Waals surface area (Å²) in [7, 11) is 1.62. The quantitative estimate of drug-likeness (QED) is 0.680. The second-order valence-corrected chi connectivity index (χ2v) is 4.68. The molecule has 1 unspecified atom stereocenters. The lowest BCUT2D eigenvalue weighted by Gasteiger charge is -2.11. The molecule has 0 aliphatic carbocycles. The third-order valence-electron chi connectivity index (χ3n) is 2.98. The average molecular weight is 268 g/mol. The van der Waals surface area contributed by atoms with Crippen molar-refractivity contribution in [3.63, 3.8) is 0 Å². The van der Waals surface area contributed by atoms with E-state index in [1.807, 2.05) is 6.92 Å². The molecule has 0 heterocycles. The minimum atomic E-state index is -0.378. The largest absolute Gasteiger partial charge is 0.490 e. The van der Waals surface area contributed by atoms with Crippen LogP contribution in [0, 0.1) is 11.7 Å².